The van der Waals surface area contributed by atoms with Crippen LogP contribution in [-0.2, 0) is 33.3 Å². The lowest BCUT2D eigenvalue weighted by molar-refractivity contribution is -0.870. The van der Waals surface area contributed by atoms with Crippen LogP contribution in [0.15, 0.2) is 182 Å². The van der Waals surface area contributed by atoms with Crippen molar-refractivity contribution in [3.05, 3.63) is 182 Å². The number of likely N-dealkylation sites (N-methyl/N-ethyl adjacent to an activating group) is 1. The number of unbranched alkanes of at least 4 members (excludes halogenated alkanes) is 19. The number of rotatable bonds is 64. The quantitative estimate of drug-likeness (QED) is 0.0195. The standard InChI is InChI=1S/C82H131NO8/c1-6-8-10-12-14-16-18-20-22-24-26-28-30-32-34-35-36-37-38-39-40-41-42-43-44-45-47-49-51-53-55-57-59-61-63-65-67-69-71-73-80(85)91-78(77-90-82(81(86)87)88-75-74-83(3,4)5)76-89-79(84)72-70-68-66-64-62-60-58-56-54-52-50-48-46-33-31-29-27-25-23-21-19-17-15-13-11-9-7-2/h8-11,14-17,20-23,26-29,32-34,36-37,39-40,42-43,46,50,52,56,58,78,82H,6-7,12-13,18-19,24-25,30-31,35,38,41,44-45,47-49,51,53-55,57,59-77H2,1-5H3/b10-8-,11-9-,16-14-,17-15-,22-20-,23-21-,28-26-,29-27-,34-32-,37-36-,40-39-,43-42-,46-33-,52-50-,58-56-. The Balaban J connectivity index is 4.18. The van der Waals surface area contributed by atoms with Crippen LogP contribution in [0.5, 0.6) is 0 Å². The monoisotopic (exact) mass is 1260 g/mol. The zero-order valence-electron chi connectivity index (χ0n) is 58.4. The van der Waals surface area contributed by atoms with E-state index in [2.05, 4.69) is 196 Å². The molecular weight excluding hydrogens is 1130 g/mol. The molecule has 0 amide bonds. The molecule has 512 valence electrons. The van der Waals surface area contributed by atoms with Gasteiger partial charge in [0.2, 0.25) is 0 Å². The van der Waals surface area contributed by atoms with Crippen molar-refractivity contribution in [3.8, 4) is 0 Å². The number of carboxylic acids is 1. The maximum absolute atomic E-state index is 12.9. The number of ether oxygens (including phenoxy) is 4. The topological polar surface area (TPSA) is 111 Å². The van der Waals surface area contributed by atoms with Gasteiger partial charge in [0.15, 0.2) is 12.4 Å². The Kier molecular flexibility index (Phi) is 65.9. The Hall–Kier alpha value is -5.61. The van der Waals surface area contributed by atoms with Crippen LogP contribution in [0.2, 0.25) is 0 Å². The highest BCUT2D eigenvalue weighted by Gasteiger charge is 2.22. The molecule has 91 heavy (non-hydrogen) atoms. The second-order valence-corrected chi connectivity index (χ2v) is 24.4. The van der Waals surface area contributed by atoms with Crippen molar-refractivity contribution in [1.29, 1.82) is 0 Å². The molecule has 0 aliphatic rings. The fourth-order valence-corrected chi connectivity index (χ4v) is 9.24. The van der Waals surface area contributed by atoms with Crippen molar-refractivity contribution in [3.63, 3.8) is 0 Å². The van der Waals surface area contributed by atoms with Crippen molar-refractivity contribution >= 4 is 17.9 Å². The highest BCUT2D eigenvalue weighted by Crippen LogP contribution is 2.16. The van der Waals surface area contributed by atoms with E-state index in [4.69, 9.17) is 18.9 Å². The van der Waals surface area contributed by atoms with Gasteiger partial charge in [0.1, 0.15) is 13.2 Å². The Morgan fingerprint density at radius 2 is 0.593 bits per heavy atom. The van der Waals surface area contributed by atoms with Crippen molar-refractivity contribution in [2.75, 3.05) is 47.5 Å². The van der Waals surface area contributed by atoms with E-state index in [1.807, 2.05) is 21.1 Å². The Morgan fingerprint density at radius 3 is 0.879 bits per heavy atom. The summed E-state index contributed by atoms with van der Waals surface area (Å²) in [5.74, 6) is -2.32. The first-order chi connectivity index (χ1) is 44.6. The number of carboxylic acid groups (broad SMARTS) is 1. The molecule has 0 spiro atoms. The molecule has 0 fully saturated rings. The van der Waals surface area contributed by atoms with Crippen molar-refractivity contribution in [2.45, 2.75) is 270 Å². The molecule has 9 nitrogen and oxygen atoms in total. The average Bonchev–Trinajstić information content (AvgIpc) is 3.46. The van der Waals surface area contributed by atoms with E-state index < -0.39 is 24.3 Å². The van der Waals surface area contributed by atoms with Gasteiger partial charge in [-0.1, -0.05) is 292 Å². The molecule has 0 aromatic rings. The predicted molar refractivity (Wildman–Crippen MR) is 388 cm³/mol. The largest absolute Gasteiger partial charge is 0.545 e. The number of esters is 2. The number of hydrogen-bond acceptors (Lipinski definition) is 8. The highest BCUT2D eigenvalue weighted by molar-refractivity contribution is 5.70. The van der Waals surface area contributed by atoms with Gasteiger partial charge in [0.05, 0.1) is 40.3 Å². The third kappa shape index (κ3) is 71.7. The second kappa shape index (κ2) is 70.3. The molecule has 0 saturated carbocycles. The molecule has 0 aromatic heterocycles. The van der Waals surface area contributed by atoms with Gasteiger partial charge in [0.25, 0.3) is 0 Å². The summed E-state index contributed by atoms with van der Waals surface area (Å²) in [6, 6.07) is 0. The van der Waals surface area contributed by atoms with Crippen LogP contribution in [0, 0.1) is 0 Å². The van der Waals surface area contributed by atoms with Crippen molar-refractivity contribution in [1.82, 2.24) is 0 Å². The third-order valence-electron chi connectivity index (χ3n) is 14.6. The van der Waals surface area contributed by atoms with Crippen LogP contribution in [0.25, 0.3) is 0 Å². The summed E-state index contributed by atoms with van der Waals surface area (Å²) in [5, 5.41) is 11.8. The minimum absolute atomic E-state index is 0.135. The van der Waals surface area contributed by atoms with Crippen LogP contribution >= 0.6 is 0 Å². The normalized spacial score (nSPS) is 13.8. The van der Waals surface area contributed by atoms with E-state index in [0.29, 0.717) is 23.9 Å². The molecular formula is C82H131NO8. The first-order valence-electron chi connectivity index (χ1n) is 35.9. The zero-order valence-corrected chi connectivity index (χ0v) is 58.4. The van der Waals surface area contributed by atoms with Crippen molar-refractivity contribution in [2.24, 2.45) is 0 Å². The van der Waals surface area contributed by atoms with Gasteiger partial charge >= 0.3 is 11.9 Å². The lowest BCUT2D eigenvalue weighted by Gasteiger charge is -2.26. The van der Waals surface area contributed by atoms with E-state index in [1.165, 1.54) is 70.6 Å². The summed E-state index contributed by atoms with van der Waals surface area (Å²) in [4.78, 5) is 37.5. The lowest BCUT2D eigenvalue weighted by Crippen LogP contribution is -2.44. The molecule has 0 aliphatic carbocycles. The molecule has 0 bridgehead atoms. The van der Waals surface area contributed by atoms with Crippen molar-refractivity contribution < 1.29 is 42.9 Å². The summed E-state index contributed by atoms with van der Waals surface area (Å²) in [6.45, 7) is 4.48. The van der Waals surface area contributed by atoms with Gasteiger partial charge < -0.3 is 33.3 Å². The predicted octanol–water partition coefficient (Wildman–Crippen LogP) is 21.5. The number of quaternary nitrogens is 1. The SMILES string of the molecule is CC/C=C\C/C=C\C/C=C\C/C=C\C/C=C\C/C=C\C/C=C\C/C=C\CCCCCCCCCCCCCCCCC(=O)OC(COC(=O)CCCCCCC/C=C\C/C=C\C/C=C\C/C=C\C/C=C\C/C=C\C/C=C\CC)COC(OCC[N+](C)(C)C)C(=O)[O-]. The van der Waals surface area contributed by atoms with Gasteiger partial charge in [-0.05, 0) is 135 Å². The third-order valence-corrected chi connectivity index (χ3v) is 14.6. The molecule has 0 saturated heterocycles. The lowest BCUT2D eigenvalue weighted by atomic mass is 10.0. The van der Waals surface area contributed by atoms with Gasteiger partial charge in [-0.3, -0.25) is 9.59 Å². The van der Waals surface area contributed by atoms with Crippen LogP contribution in [0.1, 0.15) is 258 Å². The smallest absolute Gasteiger partial charge is 0.306 e. The fraction of sp³-hybridized carbons (Fsp3) is 0.598. The molecule has 0 radical (unpaired) electrons. The molecule has 0 rings (SSSR count). The van der Waals surface area contributed by atoms with E-state index in [0.717, 1.165) is 148 Å². The summed E-state index contributed by atoms with van der Waals surface area (Å²) in [5.41, 5.74) is 0. The summed E-state index contributed by atoms with van der Waals surface area (Å²) in [6.07, 6.45) is 104. The maximum Gasteiger partial charge on any atom is 0.306 e. The van der Waals surface area contributed by atoms with E-state index in [-0.39, 0.29) is 38.6 Å². The van der Waals surface area contributed by atoms with Crippen LogP contribution in [-0.4, -0.2) is 82.3 Å². The fourth-order valence-electron chi connectivity index (χ4n) is 9.24. The summed E-state index contributed by atoms with van der Waals surface area (Å²) >= 11 is 0. The average molecular weight is 1260 g/mol. The maximum atomic E-state index is 12.9. The molecule has 9 heteroatoms. The molecule has 0 aromatic carbocycles. The number of carbonyl (C=O) groups is 3. The Bertz CT molecular complexity index is 2150. The summed E-state index contributed by atoms with van der Waals surface area (Å²) in [7, 11) is 5.91. The van der Waals surface area contributed by atoms with Gasteiger partial charge in [-0.25, -0.2) is 0 Å². The number of hydrogen-bond donors (Lipinski definition) is 0. The first kappa shape index (κ1) is 85.4. The molecule has 2 atom stereocenters. The number of carbonyl (C=O) groups excluding carboxylic acids is 3. The Morgan fingerprint density at radius 1 is 0.330 bits per heavy atom. The molecule has 0 N–H and O–H groups in total. The number of allylic oxidation sites excluding steroid dienone is 30. The number of aliphatic carboxylic acids is 1. The van der Waals surface area contributed by atoms with E-state index in [9.17, 15) is 19.5 Å². The zero-order chi connectivity index (χ0) is 66.1. The van der Waals surface area contributed by atoms with Crippen LogP contribution in [0.3, 0.4) is 0 Å². The highest BCUT2D eigenvalue weighted by atomic mass is 16.7. The van der Waals surface area contributed by atoms with Gasteiger partial charge in [0, 0.05) is 12.8 Å². The van der Waals surface area contributed by atoms with E-state index >= 15 is 0 Å². The summed E-state index contributed by atoms with van der Waals surface area (Å²) < 4.78 is 22.8. The minimum Gasteiger partial charge on any atom is -0.545 e. The second-order valence-electron chi connectivity index (χ2n) is 24.4. The molecule has 2 unspecified atom stereocenters. The first-order valence-corrected chi connectivity index (χ1v) is 35.9. The Labute approximate surface area is 558 Å². The molecule has 0 aliphatic heterocycles. The minimum atomic E-state index is -1.64. The van der Waals surface area contributed by atoms with Gasteiger partial charge in [-0.2, -0.15) is 0 Å². The van der Waals surface area contributed by atoms with Crippen LogP contribution in [0.4, 0.5) is 0 Å². The molecule has 0 heterocycles. The number of nitrogens with zero attached hydrogens (tertiary/aromatic N) is 1. The van der Waals surface area contributed by atoms with Crippen LogP contribution < -0.4 is 5.11 Å². The van der Waals surface area contributed by atoms with Gasteiger partial charge in [-0.15, -0.1) is 0 Å². The van der Waals surface area contributed by atoms with E-state index in [1.54, 1.807) is 0 Å².